The van der Waals surface area contributed by atoms with Crippen LogP contribution < -0.4 is 10.6 Å². The fraction of sp³-hybridized carbons (Fsp3) is 0.846. The number of hydrogen-bond acceptors (Lipinski definition) is 4. The van der Waals surface area contributed by atoms with Gasteiger partial charge in [-0.25, -0.2) is 0 Å². The van der Waals surface area contributed by atoms with Crippen LogP contribution in [0.15, 0.2) is 0 Å². The number of rotatable bonds is 6. The summed E-state index contributed by atoms with van der Waals surface area (Å²) >= 11 is 0. The van der Waals surface area contributed by atoms with Gasteiger partial charge in [-0.2, -0.15) is 0 Å². The predicted molar refractivity (Wildman–Crippen MR) is 72.5 cm³/mol. The fourth-order valence-corrected chi connectivity index (χ4v) is 2.66. The Labute approximate surface area is 114 Å². The molecular weight excluding hydrogens is 246 g/mol. The first kappa shape index (κ1) is 15.9. The number of hydrogen-bond donors (Lipinski definition) is 3. The Kier molecular flexibility index (Phi) is 6.80. The molecule has 2 unspecified atom stereocenters. The highest BCUT2D eigenvalue weighted by Gasteiger charge is 2.27. The summed E-state index contributed by atoms with van der Waals surface area (Å²) in [6, 6.07) is 0.139. The van der Waals surface area contributed by atoms with Gasteiger partial charge in [0.05, 0.1) is 0 Å². The van der Waals surface area contributed by atoms with E-state index < -0.39 is 0 Å². The summed E-state index contributed by atoms with van der Waals surface area (Å²) in [4.78, 5) is 24.2. The molecule has 1 rings (SSSR count). The first-order chi connectivity index (χ1) is 9.01. The summed E-state index contributed by atoms with van der Waals surface area (Å²) < 4.78 is 0. The van der Waals surface area contributed by atoms with Crippen LogP contribution in [-0.4, -0.2) is 60.6 Å². The van der Waals surface area contributed by atoms with Gasteiger partial charge in [0.2, 0.25) is 11.8 Å². The average Bonchev–Trinajstić information content (AvgIpc) is 2.27. The van der Waals surface area contributed by atoms with Gasteiger partial charge in [-0.15, -0.1) is 0 Å². The maximum Gasteiger partial charge on any atom is 0.217 e. The van der Waals surface area contributed by atoms with Gasteiger partial charge in [-0.05, 0) is 18.8 Å². The lowest BCUT2D eigenvalue weighted by atomic mass is 9.91. The third kappa shape index (κ3) is 6.54. The highest BCUT2D eigenvalue weighted by atomic mass is 16.3. The fourth-order valence-electron chi connectivity index (χ4n) is 2.66. The van der Waals surface area contributed by atoms with Crippen molar-refractivity contribution in [2.24, 2.45) is 5.92 Å². The van der Waals surface area contributed by atoms with Gasteiger partial charge in [0, 0.05) is 52.7 Å². The molecule has 6 heteroatoms. The number of carbonyl (C=O) groups excluding carboxylic acids is 2. The molecule has 0 saturated carbocycles. The number of nitrogens with zero attached hydrogens (tertiary/aromatic N) is 1. The van der Waals surface area contributed by atoms with Gasteiger partial charge >= 0.3 is 0 Å². The van der Waals surface area contributed by atoms with Crippen LogP contribution in [0.25, 0.3) is 0 Å². The van der Waals surface area contributed by atoms with Crippen molar-refractivity contribution < 1.29 is 14.7 Å². The molecule has 110 valence electrons. The van der Waals surface area contributed by atoms with Crippen LogP contribution in [0, 0.1) is 5.92 Å². The van der Waals surface area contributed by atoms with E-state index in [2.05, 4.69) is 15.5 Å². The number of aliphatic hydroxyl groups excluding tert-OH is 1. The lowest BCUT2D eigenvalue weighted by Gasteiger charge is -2.38. The Bertz CT molecular complexity index is 310. The number of likely N-dealkylation sites (tertiary alicyclic amines) is 1. The first-order valence-electron chi connectivity index (χ1n) is 6.86. The van der Waals surface area contributed by atoms with Crippen molar-refractivity contribution in [2.75, 3.05) is 32.8 Å². The molecule has 0 radical (unpaired) electrons. The van der Waals surface area contributed by atoms with Gasteiger partial charge in [0.15, 0.2) is 0 Å². The van der Waals surface area contributed by atoms with Crippen LogP contribution in [0.1, 0.15) is 26.7 Å². The lowest BCUT2D eigenvalue weighted by molar-refractivity contribution is -0.120. The van der Waals surface area contributed by atoms with Crippen LogP contribution in [0.3, 0.4) is 0 Å². The van der Waals surface area contributed by atoms with E-state index in [0.29, 0.717) is 12.5 Å². The van der Waals surface area contributed by atoms with Gasteiger partial charge in [0.1, 0.15) is 0 Å². The Morgan fingerprint density at radius 2 is 2.00 bits per heavy atom. The number of nitrogens with one attached hydrogen (secondary N) is 2. The molecule has 0 aliphatic carbocycles. The first-order valence-corrected chi connectivity index (χ1v) is 6.86. The maximum atomic E-state index is 11.2. The number of piperidine rings is 1. The molecule has 2 atom stereocenters. The standard InChI is InChI=1S/C13H25N3O3/c1-10(18)14-4-5-16-8-12(3-6-17)7-13(9-16)15-11(2)19/h12-13,17H,3-9H2,1-2H3,(H,14,18)(H,15,19). The van der Waals surface area contributed by atoms with Crippen molar-refractivity contribution in [3.63, 3.8) is 0 Å². The number of aliphatic hydroxyl groups is 1. The second kappa shape index (κ2) is 8.12. The van der Waals surface area contributed by atoms with E-state index in [-0.39, 0.29) is 24.5 Å². The van der Waals surface area contributed by atoms with Crippen molar-refractivity contribution in [2.45, 2.75) is 32.7 Å². The van der Waals surface area contributed by atoms with Crippen molar-refractivity contribution in [3.05, 3.63) is 0 Å². The van der Waals surface area contributed by atoms with E-state index in [1.54, 1.807) is 0 Å². The molecule has 0 aromatic rings. The average molecular weight is 271 g/mol. The predicted octanol–water partition coefficient (Wildman–Crippen LogP) is -0.668. The monoisotopic (exact) mass is 271 g/mol. The van der Waals surface area contributed by atoms with Crippen LogP contribution in [0.4, 0.5) is 0 Å². The third-order valence-electron chi connectivity index (χ3n) is 3.36. The molecule has 6 nitrogen and oxygen atoms in total. The van der Waals surface area contributed by atoms with E-state index >= 15 is 0 Å². The minimum absolute atomic E-state index is 0.0172. The molecule has 2 amide bonds. The van der Waals surface area contributed by atoms with E-state index in [1.807, 2.05) is 0 Å². The second-order valence-corrected chi connectivity index (χ2v) is 5.25. The molecule has 3 N–H and O–H groups in total. The highest BCUT2D eigenvalue weighted by molar-refractivity contribution is 5.73. The SMILES string of the molecule is CC(=O)NCCN1CC(CCO)CC(NC(C)=O)C1. The molecule has 1 aliphatic rings. The minimum atomic E-state index is -0.0256. The summed E-state index contributed by atoms with van der Waals surface area (Å²) in [7, 11) is 0. The van der Waals surface area contributed by atoms with Crippen molar-refractivity contribution >= 4 is 11.8 Å². The van der Waals surface area contributed by atoms with Crippen molar-refractivity contribution in [1.29, 1.82) is 0 Å². The van der Waals surface area contributed by atoms with Crippen LogP contribution >= 0.6 is 0 Å². The largest absolute Gasteiger partial charge is 0.396 e. The van der Waals surface area contributed by atoms with Gasteiger partial charge in [0.25, 0.3) is 0 Å². The third-order valence-corrected chi connectivity index (χ3v) is 3.36. The van der Waals surface area contributed by atoms with E-state index in [9.17, 15) is 9.59 Å². The molecule has 1 aliphatic heterocycles. The van der Waals surface area contributed by atoms with Gasteiger partial charge in [-0.1, -0.05) is 0 Å². The van der Waals surface area contributed by atoms with Crippen LogP contribution in [0.2, 0.25) is 0 Å². The van der Waals surface area contributed by atoms with Crippen LogP contribution in [0.5, 0.6) is 0 Å². The lowest BCUT2D eigenvalue weighted by Crippen LogP contribution is -2.51. The number of amides is 2. The normalized spacial score (nSPS) is 23.9. The zero-order valence-corrected chi connectivity index (χ0v) is 11.8. The van der Waals surface area contributed by atoms with E-state index in [4.69, 9.17) is 5.11 Å². The molecule has 1 heterocycles. The molecular formula is C13H25N3O3. The molecule has 0 bridgehead atoms. The Hall–Kier alpha value is -1.14. The van der Waals surface area contributed by atoms with Crippen molar-refractivity contribution in [1.82, 2.24) is 15.5 Å². The molecule has 0 aromatic heterocycles. The molecule has 0 spiro atoms. The molecule has 19 heavy (non-hydrogen) atoms. The molecule has 0 aromatic carbocycles. The topological polar surface area (TPSA) is 81.7 Å². The Balaban J connectivity index is 2.44. The summed E-state index contributed by atoms with van der Waals surface area (Å²) in [5.74, 6) is 0.353. The zero-order valence-electron chi connectivity index (χ0n) is 11.8. The molecule has 1 fully saturated rings. The summed E-state index contributed by atoms with van der Waals surface area (Å²) in [5.41, 5.74) is 0. The quantitative estimate of drug-likeness (QED) is 0.598. The van der Waals surface area contributed by atoms with E-state index in [0.717, 1.165) is 32.5 Å². The Morgan fingerprint density at radius 1 is 1.26 bits per heavy atom. The summed E-state index contributed by atoms with van der Waals surface area (Å²) in [5, 5.41) is 14.8. The highest BCUT2D eigenvalue weighted by Crippen LogP contribution is 2.19. The Morgan fingerprint density at radius 3 is 2.58 bits per heavy atom. The zero-order chi connectivity index (χ0) is 14.3. The van der Waals surface area contributed by atoms with Crippen molar-refractivity contribution in [3.8, 4) is 0 Å². The minimum Gasteiger partial charge on any atom is -0.396 e. The summed E-state index contributed by atoms with van der Waals surface area (Å²) in [6.45, 7) is 6.32. The summed E-state index contributed by atoms with van der Waals surface area (Å²) in [6.07, 6.45) is 1.67. The second-order valence-electron chi connectivity index (χ2n) is 5.25. The number of carbonyl (C=O) groups is 2. The molecule has 1 saturated heterocycles. The van der Waals surface area contributed by atoms with Gasteiger partial charge < -0.3 is 15.7 Å². The van der Waals surface area contributed by atoms with Gasteiger partial charge in [-0.3, -0.25) is 14.5 Å². The maximum absolute atomic E-state index is 11.2. The van der Waals surface area contributed by atoms with Crippen LogP contribution in [-0.2, 0) is 9.59 Å². The van der Waals surface area contributed by atoms with E-state index in [1.165, 1.54) is 13.8 Å². The smallest absolute Gasteiger partial charge is 0.217 e.